The summed E-state index contributed by atoms with van der Waals surface area (Å²) in [5.74, 6) is -14.9. The molecule has 10 atom stereocenters. The molecule has 0 spiro atoms. The molecule has 101 heavy (non-hydrogen) atoms. The van der Waals surface area contributed by atoms with Crippen LogP contribution in [-0.2, 0) is 76.8 Å². The zero-order valence-electron chi connectivity index (χ0n) is 55.6. The van der Waals surface area contributed by atoms with Gasteiger partial charge in [-0.25, -0.2) is 4.79 Å². The van der Waals surface area contributed by atoms with E-state index in [1.165, 1.54) is 39.0 Å². The van der Waals surface area contributed by atoms with Crippen LogP contribution in [0.4, 0.5) is 0 Å². The number of carbonyl (C=O) groups excluding carboxylic acids is 11. The summed E-state index contributed by atoms with van der Waals surface area (Å²) in [4.78, 5) is 175. The molecule has 558 valence electrons. The minimum atomic E-state index is -1.91. The van der Waals surface area contributed by atoms with E-state index in [-0.39, 0.29) is 134 Å². The van der Waals surface area contributed by atoms with Crippen molar-refractivity contribution >= 4 is 104 Å². The third-order valence-electron chi connectivity index (χ3n) is 16.5. The Bertz CT molecular complexity index is 3420. The Morgan fingerprint density at radius 2 is 1.12 bits per heavy atom. The number of rotatable bonds is 26. The number of fused-ring (bicyclic) bond motifs is 1. The molecule has 0 radical (unpaired) electrons. The zero-order chi connectivity index (χ0) is 73.0. The SMILES string of the molecule is C[C@@H](O)[C@H](NC(=O)[C@@H]1CSSC[C@H](NC(=O)[C@@H](Cc2ccccc2)NC(=O)CN2CCN(CC(=O)[O-])CCN(CC(=O)[O-])CCN(CC(=O)[O-])CC2)C(=O)N[C@@H](Cc2ccc(O)cc2)C(=O)N[C@H](Cc2c[nH]c3ccccc23)C(=O)N[C@@H](CCCCN)C(=O)N[C@@H]([C@@H](C)O)C(=O)N1)C(=O)O.[Lu+3]. The van der Waals surface area contributed by atoms with Gasteiger partial charge in [0, 0.05) is 120 Å². The molecular weight excluding hydrogens is 1520 g/mol. The fourth-order valence-corrected chi connectivity index (χ4v) is 13.4. The van der Waals surface area contributed by atoms with Crippen molar-refractivity contribution in [3.63, 3.8) is 0 Å². The monoisotopic (exact) mass is 1610 g/mol. The molecule has 3 aromatic carbocycles. The molecule has 36 heteroatoms. The molecule has 0 unspecified atom stereocenters. The van der Waals surface area contributed by atoms with E-state index in [2.05, 4.69) is 47.5 Å². The van der Waals surface area contributed by atoms with Crippen molar-refractivity contribution in [2.24, 2.45) is 5.73 Å². The third-order valence-corrected chi connectivity index (χ3v) is 19.0. The maximum Gasteiger partial charge on any atom is 3.00 e. The van der Waals surface area contributed by atoms with Crippen LogP contribution in [0.15, 0.2) is 85.1 Å². The number of H-pyrrole nitrogens is 1. The van der Waals surface area contributed by atoms with Crippen LogP contribution < -0.4 is 63.6 Å². The van der Waals surface area contributed by atoms with Crippen LogP contribution in [0.1, 0.15) is 49.8 Å². The maximum atomic E-state index is 15.3. The van der Waals surface area contributed by atoms with Crippen LogP contribution >= 0.6 is 21.6 Å². The van der Waals surface area contributed by atoms with Gasteiger partial charge >= 0.3 is 42.8 Å². The fourth-order valence-electron chi connectivity index (χ4n) is 11.1. The van der Waals surface area contributed by atoms with Crippen molar-refractivity contribution in [1.82, 2.24) is 67.1 Å². The van der Waals surface area contributed by atoms with Crippen LogP contribution in [0.3, 0.4) is 0 Å². The van der Waals surface area contributed by atoms with E-state index in [4.69, 9.17) is 5.73 Å². The van der Waals surface area contributed by atoms with Gasteiger partial charge in [-0.05, 0) is 74.5 Å². The Morgan fingerprint density at radius 1 is 0.604 bits per heavy atom. The Morgan fingerprint density at radius 3 is 1.66 bits per heavy atom. The van der Waals surface area contributed by atoms with E-state index in [1.807, 2.05) is 0 Å². The number of phenolic OH excluding ortho intramolecular Hbond substituents is 1. The molecule has 15 N–H and O–H groups in total. The summed E-state index contributed by atoms with van der Waals surface area (Å²) < 4.78 is 0. The summed E-state index contributed by atoms with van der Waals surface area (Å²) in [6, 6.07) is 7.74. The summed E-state index contributed by atoms with van der Waals surface area (Å²) in [7, 11) is 1.64. The predicted molar refractivity (Wildman–Crippen MR) is 359 cm³/mol. The van der Waals surface area contributed by atoms with Gasteiger partial charge < -0.3 is 103 Å². The van der Waals surface area contributed by atoms with Crippen molar-refractivity contribution in [3.8, 4) is 5.75 Å². The number of aliphatic hydroxyl groups is 2. The smallest absolute Gasteiger partial charge is 0.549 e. The van der Waals surface area contributed by atoms with Crippen LogP contribution in [0.2, 0.25) is 0 Å². The summed E-state index contributed by atoms with van der Waals surface area (Å²) in [5, 5.41) is 98.5. The van der Waals surface area contributed by atoms with Gasteiger partial charge in [-0.1, -0.05) is 82.3 Å². The molecule has 0 aliphatic carbocycles. The third kappa shape index (κ3) is 28.6. The number of carboxylic acid groups (broad SMARTS) is 4. The van der Waals surface area contributed by atoms with E-state index < -0.39 is 169 Å². The number of hydrogen-bond donors (Lipinski definition) is 14. The number of nitrogens with zero attached hydrogens (tertiary/aromatic N) is 4. The topological polar surface area (TPSA) is 506 Å². The molecule has 8 amide bonds. The van der Waals surface area contributed by atoms with Gasteiger partial charge in [-0.3, -0.25) is 58.0 Å². The first-order valence-corrected chi connectivity index (χ1v) is 35.0. The van der Waals surface area contributed by atoms with E-state index in [1.54, 1.807) is 65.7 Å². The molecular formula is C65H87LuN14O19S2. The van der Waals surface area contributed by atoms with Crippen LogP contribution in [0.25, 0.3) is 10.9 Å². The van der Waals surface area contributed by atoms with Gasteiger partial charge in [0.15, 0.2) is 6.04 Å². The second-order valence-electron chi connectivity index (χ2n) is 24.4. The fraction of sp³-hybridized carbons (Fsp3) is 0.508. The summed E-state index contributed by atoms with van der Waals surface area (Å²) in [6.45, 7) is 0.342. The number of benzene rings is 3. The van der Waals surface area contributed by atoms with Gasteiger partial charge in [-0.15, -0.1) is 0 Å². The van der Waals surface area contributed by atoms with E-state index in [9.17, 15) is 78.9 Å². The number of carboxylic acids is 4. The molecule has 2 aliphatic heterocycles. The average Bonchev–Trinajstić information content (AvgIpc) is 1.75. The molecule has 3 heterocycles. The minimum Gasteiger partial charge on any atom is -0.549 e. The van der Waals surface area contributed by atoms with E-state index in [0.717, 1.165) is 35.4 Å². The first-order valence-electron chi connectivity index (χ1n) is 32.5. The zero-order valence-corrected chi connectivity index (χ0v) is 58.8. The van der Waals surface area contributed by atoms with Crippen molar-refractivity contribution in [3.05, 3.63) is 102 Å². The first kappa shape index (κ1) is 84.0. The molecule has 6 rings (SSSR count). The van der Waals surface area contributed by atoms with Gasteiger partial charge in [0.05, 0.1) is 36.7 Å². The van der Waals surface area contributed by atoms with Crippen molar-refractivity contribution < 1.29 is 130 Å². The standard InChI is InChI=1S/C65H90N14O19S2.Lu/c1-38(80)56-64(96)73-51(63(95)75-57(39(2)81)65(97)98)37-100-99-36-50(72-59(91)47(28-40-10-4-3-5-11-40)68-52(83)32-76-20-22-77(33-53(84)85)24-26-79(35-55(88)89)27-25-78(23-21-76)34-54(86)87)62(94)70-48(29-41-15-17-43(82)18-16-41)60(92)71-49(30-42-31-67-45-13-7-6-12-44(42)45)61(93)69-46(58(90)74-56)14-8-9-19-66;/h3-7,10-13,15-18,31,38-39,46-51,56-57,67,80-82H,8-9,14,19-30,32-37,66H2,1-2H3,(H,68,83)(H,69,93)(H,70,94)(H,71,92)(H,72,91)(H,73,96)(H,74,90)(H,75,95)(H,84,85)(H,86,87)(H,88,89)(H,97,98);/q;+3/p-3/t38-,39-,46+,47-,48+,49-,50+,51+,56+,57+;/m1./s1. The Balaban J connectivity index is 0.0000184. The average molecular weight is 1610 g/mol. The molecule has 1 aromatic heterocycles. The number of nitrogens with one attached hydrogen (secondary N) is 9. The maximum absolute atomic E-state index is 15.3. The van der Waals surface area contributed by atoms with Crippen molar-refractivity contribution in [2.45, 2.75) is 113 Å². The number of aromatic amines is 1. The largest absolute Gasteiger partial charge is 3.00 e. The van der Waals surface area contributed by atoms with Crippen LogP contribution in [0, 0.1) is 36.9 Å². The predicted octanol–water partition coefficient (Wildman–Crippen LogP) is -7.38. The Hall–Kier alpha value is -7.71. The number of hydrogen-bond acceptors (Lipinski definition) is 25. The van der Waals surface area contributed by atoms with Crippen molar-refractivity contribution in [2.75, 3.05) is 96.6 Å². The summed E-state index contributed by atoms with van der Waals surface area (Å²) >= 11 is 0. The molecule has 2 saturated heterocycles. The first-order chi connectivity index (χ1) is 47.7. The summed E-state index contributed by atoms with van der Waals surface area (Å²) in [5.41, 5.74) is 7.92. The quantitative estimate of drug-likeness (QED) is 0.0205. The molecule has 0 bridgehead atoms. The number of nitrogens with two attached hydrogens (primary N) is 1. The van der Waals surface area contributed by atoms with Gasteiger partial charge in [-0.2, -0.15) is 0 Å². The van der Waals surface area contributed by atoms with E-state index >= 15 is 14.4 Å². The number of carbonyl (C=O) groups is 12. The number of unbranched alkanes of at least 4 members (excludes halogenated alkanes) is 1. The summed E-state index contributed by atoms with van der Waals surface area (Å²) in [6.07, 6.45) is -1.98. The van der Waals surface area contributed by atoms with Crippen LogP contribution in [-0.4, -0.2) is 273 Å². The second kappa shape index (κ2) is 42.7. The van der Waals surface area contributed by atoms with Crippen LogP contribution in [0.5, 0.6) is 5.75 Å². The van der Waals surface area contributed by atoms with Crippen molar-refractivity contribution in [1.29, 1.82) is 0 Å². The molecule has 4 aromatic rings. The molecule has 33 nitrogen and oxygen atoms in total. The number of aliphatic carboxylic acids is 4. The number of aromatic nitrogens is 1. The van der Waals surface area contributed by atoms with Gasteiger partial charge in [0.1, 0.15) is 48.0 Å². The number of aromatic hydroxyl groups is 1. The number of amides is 8. The Labute approximate surface area is 619 Å². The van der Waals surface area contributed by atoms with E-state index in [0.29, 0.717) is 34.0 Å². The molecule has 0 saturated carbocycles. The Kier molecular flexibility index (Phi) is 35.5. The van der Waals surface area contributed by atoms with Gasteiger partial charge in [0.25, 0.3) is 0 Å². The van der Waals surface area contributed by atoms with Gasteiger partial charge in [0.2, 0.25) is 47.3 Å². The number of aliphatic hydroxyl groups excluding tert-OH is 2. The number of para-hydroxylation sites is 1. The number of phenols is 1. The molecule has 2 fully saturated rings. The minimum absolute atomic E-state index is 0. The molecule has 2 aliphatic rings. The normalized spacial score (nSPS) is 21.7. The second-order valence-corrected chi connectivity index (χ2v) is 27.0.